The second kappa shape index (κ2) is 8.76. The number of carbonyl (C=O) groups is 1. The fraction of sp³-hybridized carbons (Fsp3) is 0.611. The van der Waals surface area contributed by atoms with Gasteiger partial charge in [0.25, 0.3) is 0 Å². The molecule has 140 valence electrons. The molecular formula is C18H27FN2O3S. The molecule has 0 N–H and O–H groups in total. The highest BCUT2D eigenvalue weighted by atomic mass is 32.2. The third-order valence-corrected chi connectivity index (χ3v) is 5.98. The average molecular weight is 370 g/mol. The van der Waals surface area contributed by atoms with Crippen molar-refractivity contribution in [2.45, 2.75) is 51.6 Å². The lowest BCUT2D eigenvalue weighted by Gasteiger charge is -2.35. The summed E-state index contributed by atoms with van der Waals surface area (Å²) < 4.78 is 38.4. The van der Waals surface area contributed by atoms with Gasteiger partial charge in [-0.1, -0.05) is 19.1 Å². The first-order chi connectivity index (χ1) is 11.8. The van der Waals surface area contributed by atoms with E-state index in [-0.39, 0.29) is 37.3 Å². The quantitative estimate of drug-likeness (QED) is 0.742. The van der Waals surface area contributed by atoms with Gasteiger partial charge in [-0.15, -0.1) is 0 Å². The summed E-state index contributed by atoms with van der Waals surface area (Å²) in [5.74, 6) is -0.347. The maximum atomic E-state index is 13.0. The number of likely N-dealkylation sites (tertiary alicyclic amines) is 1. The van der Waals surface area contributed by atoms with Crippen molar-refractivity contribution in [3.8, 4) is 0 Å². The molecule has 5 nitrogen and oxygen atoms in total. The molecule has 25 heavy (non-hydrogen) atoms. The van der Waals surface area contributed by atoms with E-state index in [1.165, 1.54) is 16.4 Å². The normalized spacial score (nSPS) is 18.6. The molecular weight excluding hydrogens is 343 g/mol. The first-order valence-electron chi connectivity index (χ1n) is 8.80. The summed E-state index contributed by atoms with van der Waals surface area (Å²) in [6, 6.07) is 6.01. The van der Waals surface area contributed by atoms with Crippen LogP contribution in [-0.2, 0) is 21.4 Å². The Hall–Kier alpha value is -1.47. The Kier molecular flexibility index (Phi) is 6.95. The van der Waals surface area contributed by atoms with Crippen LogP contribution in [0.5, 0.6) is 0 Å². The van der Waals surface area contributed by atoms with E-state index in [9.17, 15) is 17.6 Å². The van der Waals surface area contributed by atoms with Crippen molar-refractivity contribution in [2.75, 3.05) is 19.3 Å². The van der Waals surface area contributed by atoms with Gasteiger partial charge in [0.15, 0.2) is 0 Å². The molecule has 7 heteroatoms. The summed E-state index contributed by atoms with van der Waals surface area (Å²) in [5, 5.41) is 0. The topological polar surface area (TPSA) is 57.7 Å². The van der Waals surface area contributed by atoms with E-state index in [1.807, 2.05) is 4.90 Å². The maximum absolute atomic E-state index is 13.0. The van der Waals surface area contributed by atoms with Gasteiger partial charge in [0.2, 0.25) is 15.9 Å². The standard InChI is InChI=1S/C18H27FN2O3S/c1-3-17-6-4-5-12-21(17)18(22)11-13-20(25(2,23)24)14-15-7-9-16(19)10-8-15/h7-10,17H,3-6,11-14H2,1-2H3. The largest absolute Gasteiger partial charge is 0.340 e. The van der Waals surface area contributed by atoms with Gasteiger partial charge in [0, 0.05) is 32.1 Å². The molecule has 0 radical (unpaired) electrons. The molecule has 1 aromatic rings. The van der Waals surface area contributed by atoms with Gasteiger partial charge >= 0.3 is 0 Å². The predicted molar refractivity (Wildman–Crippen MR) is 95.9 cm³/mol. The van der Waals surface area contributed by atoms with Crippen LogP contribution >= 0.6 is 0 Å². The van der Waals surface area contributed by atoms with Crippen molar-refractivity contribution in [1.82, 2.24) is 9.21 Å². The molecule has 1 unspecified atom stereocenters. The first kappa shape index (κ1) is 19.8. The van der Waals surface area contributed by atoms with Crippen LogP contribution in [0.3, 0.4) is 0 Å². The van der Waals surface area contributed by atoms with Crippen molar-refractivity contribution in [3.63, 3.8) is 0 Å². The van der Waals surface area contributed by atoms with E-state index >= 15 is 0 Å². The molecule has 1 aliphatic heterocycles. The Morgan fingerprint density at radius 3 is 2.56 bits per heavy atom. The SMILES string of the molecule is CCC1CCCCN1C(=O)CCN(Cc1ccc(F)cc1)S(C)(=O)=O. The molecule has 2 rings (SSSR count). The Balaban J connectivity index is 2.00. The second-order valence-corrected chi connectivity index (χ2v) is 8.60. The number of hydrogen-bond acceptors (Lipinski definition) is 3. The molecule has 1 saturated heterocycles. The third-order valence-electron chi connectivity index (χ3n) is 4.74. The minimum absolute atomic E-state index is 0.0132. The molecule has 1 amide bonds. The monoisotopic (exact) mass is 370 g/mol. The lowest BCUT2D eigenvalue weighted by atomic mass is 9.99. The summed E-state index contributed by atoms with van der Waals surface area (Å²) in [6.45, 7) is 3.12. The molecule has 1 heterocycles. The van der Waals surface area contributed by atoms with Gasteiger partial charge in [0.05, 0.1) is 6.26 Å². The highest BCUT2D eigenvalue weighted by molar-refractivity contribution is 7.88. The van der Waals surface area contributed by atoms with Crippen molar-refractivity contribution in [3.05, 3.63) is 35.6 Å². The summed E-state index contributed by atoms with van der Waals surface area (Å²) in [7, 11) is -3.45. The third kappa shape index (κ3) is 5.78. The zero-order valence-electron chi connectivity index (χ0n) is 14.9. The summed E-state index contributed by atoms with van der Waals surface area (Å²) >= 11 is 0. The first-order valence-corrected chi connectivity index (χ1v) is 10.6. The number of rotatable bonds is 7. The fourth-order valence-electron chi connectivity index (χ4n) is 3.27. The summed E-state index contributed by atoms with van der Waals surface area (Å²) in [6.07, 6.45) is 5.40. The van der Waals surface area contributed by atoms with Crippen molar-refractivity contribution < 1.29 is 17.6 Å². The second-order valence-electron chi connectivity index (χ2n) is 6.62. The van der Waals surface area contributed by atoms with E-state index in [2.05, 4.69) is 6.92 Å². The van der Waals surface area contributed by atoms with Crippen LogP contribution in [0, 0.1) is 5.82 Å². The van der Waals surface area contributed by atoms with Gasteiger partial charge in [-0.2, -0.15) is 4.31 Å². The number of hydrogen-bond donors (Lipinski definition) is 0. The highest BCUT2D eigenvalue weighted by Gasteiger charge is 2.26. The predicted octanol–water partition coefficient (Wildman–Crippen LogP) is 2.77. The van der Waals surface area contributed by atoms with E-state index in [4.69, 9.17) is 0 Å². The Labute approximate surface area is 149 Å². The smallest absolute Gasteiger partial charge is 0.224 e. The number of amides is 1. The number of sulfonamides is 1. The van der Waals surface area contributed by atoms with E-state index in [1.54, 1.807) is 12.1 Å². The van der Waals surface area contributed by atoms with Crippen LogP contribution in [-0.4, -0.2) is 48.9 Å². The summed E-state index contributed by atoms with van der Waals surface area (Å²) in [5.41, 5.74) is 0.698. The van der Waals surface area contributed by atoms with Crippen molar-refractivity contribution in [1.29, 1.82) is 0 Å². The number of benzene rings is 1. The average Bonchev–Trinajstić information content (AvgIpc) is 2.58. The Morgan fingerprint density at radius 2 is 1.96 bits per heavy atom. The molecule has 1 aliphatic rings. The molecule has 1 aromatic carbocycles. The maximum Gasteiger partial charge on any atom is 0.224 e. The zero-order chi connectivity index (χ0) is 18.4. The van der Waals surface area contributed by atoms with E-state index in [0.717, 1.165) is 38.5 Å². The van der Waals surface area contributed by atoms with E-state index < -0.39 is 10.0 Å². The highest BCUT2D eigenvalue weighted by Crippen LogP contribution is 2.20. The Morgan fingerprint density at radius 1 is 1.28 bits per heavy atom. The van der Waals surface area contributed by atoms with Crippen LogP contribution in [0.4, 0.5) is 4.39 Å². The van der Waals surface area contributed by atoms with Crippen LogP contribution in [0.15, 0.2) is 24.3 Å². The molecule has 0 bridgehead atoms. The lowest BCUT2D eigenvalue weighted by molar-refractivity contribution is -0.135. The molecule has 0 aliphatic carbocycles. The summed E-state index contributed by atoms with van der Waals surface area (Å²) in [4.78, 5) is 14.5. The fourth-order valence-corrected chi connectivity index (χ4v) is 4.08. The number of nitrogens with zero attached hydrogens (tertiary/aromatic N) is 2. The number of halogens is 1. The van der Waals surface area contributed by atoms with Crippen LogP contribution in [0.25, 0.3) is 0 Å². The molecule has 0 aromatic heterocycles. The number of piperidine rings is 1. The van der Waals surface area contributed by atoms with Crippen molar-refractivity contribution >= 4 is 15.9 Å². The van der Waals surface area contributed by atoms with E-state index in [0.29, 0.717) is 5.56 Å². The van der Waals surface area contributed by atoms with Gasteiger partial charge in [-0.3, -0.25) is 4.79 Å². The van der Waals surface area contributed by atoms with Gasteiger partial charge in [0.1, 0.15) is 5.82 Å². The molecule has 1 fully saturated rings. The molecule has 1 atom stereocenters. The lowest BCUT2D eigenvalue weighted by Crippen LogP contribution is -2.44. The number of carbonyl (C=O) groups excluding carboxylic acids is 1. The minimum atomic E-state index is -3.45. The van der Waals surface area contributed by atoms with Gasteiger partial charge in [-0.05, 0) is 43.4 Å². The van der Waals surface area contributed by atoms with Crippen LogP contribution in [0.2, 0.25) is 0 Å². The minimum Gasteiger partial charge on any atom is -0.340 e. The van der Waals surface area contributed by atoms with Gasteiger partial charge < -0.3 is 4.90 Å². The van der Waals surface area contributed by atoms with Gasteiger partial charge in [-0.25, -0.2) is 12.8 Å². The van der Waals surface area contributed by atoms with Crippen LogP contribution < -0.4 is 0 Å². The molecule has 0 saturated carbocycles. The Bertz CT molecular complexity index is 676. The molecule has 0 spiro atoms. The van der Waals surface area contributed by atoms with Crippen LogP contribution in [0.1, 0.15) is 44.6 Å². The van der Waals surface area contributed by atoms with Crippen molar-refractivity contribution in [2.24, 2.45) is 0 Å². The zero-order valence-corrected chi connectivity index (χ0v) is 15.8.